The van der Waals surface area contributed by atoms with E-state index in [2.05, 4.69) is 24.4 Å². The van der Waals surface area contributed by atoms with Gasteiger partial charge in [-0.3, -0.25) is 0 Å². The van der Waals surface area contributed by atoms with Gasteiger partial charge in [-0.1, -0.05) is 23.8 Å². The lowest BCUT2D eigenvalue weighted by Gasteiger charge is -2.26. The van der Waals surface area contributed by atoms with Crippen molar-refractivity contribution in [3.63, 3.8) is 0 Å². The van der Waals surface area contributed by atoms with E-state index in [0.717, 1.165) is 23.9 Å². The van der Waals surface area contributed by atoms with Gasteiger partial charge in [-0.2, -0.15) is 0 Å². The monoisotopic (exact) mass is 221 g/mol. The molecule has 0 aromatic heterocycles. The molecular formula is C13H16ClN. The van der Waals surface area contributed by atoms with Gasteiger partial charge in [-0.25, -0.2) is 0 Å². The molecule has 1 heterocycles. The molecule has 0 aromatic rings. The topological polar surface area (TPSA) is 12.0 Å². The van der Waals surface area contributed by atoms with Crippen LogP contribution in [-0.4, -0.2) is 12.6 Å². The molecule has 3 rings (SSSR count). The van der Waals surface area contributed by atoms with Crippen molar-refractivity contribution in [2.45, 2.75) is 32.2 Å². The molecule has 3 aliphatic rings. The Morgan fingerprint density at radius 2 is 2.27 bits per heavy atom. The van der Waals surface area contributed by atoms with Crippen LogP contribution in [0.4, 0.5) is 0 Å². The molecule has 2 aliphatic carbocycles. The lowest BCUT2D eigenvalue weighted by Crippen LogP contribution is -2.27. The molecule has 0 bridgehead atoms. The van der Waals surface area contributed by atoms with E-state index in [-0.39, 0.29) is 0 Å². The third-order valence-electron chi connectivity index (χ3n) is 3.78. The quantitative estimate of drug-likeness (QED) is 0.663. The highest BCUT2D eigenvalue weighted by Gasteiger charge is 2.31. The fourth-order valence-corrected chi connectivity index (χ4v) is 3.29. The van der Waals surface area contributed by atoms with E-state index >= 15 is 0 Å². The summed E-state index contributed by atoms with van der Waals surface area (Å²) >= 11 is 6.29. The first-order chi connectivity index (χ1) is 7.25. The van der Waals surface area contributed by atoms with Crippen molar-refractivity contribution in [3.05, 3.63) is 33.9 Å². The molecule has 0 unspecified atom stereocenters. The maximum absolute atomic E-state index is 6.29. The average Bonchev–Trinajstić information content (AvgIpc) is 2.57. The van der Waals surface area contributed by atoms with Crippen LogP contribution in [0.3, 0.4) is 0 Å². The van der Waals surface area contributed by atoms with Crippen molar-refractivity contribution < 1.29 is 0 Å². The largest absolute Gasteiger partial charge is 0.310 e. The molecule has 0 aromatic carbocycles. The maximum Gasteiger partial charge on any atom is 0.0256 e. The third-order valence-corrected chi connectivity index (χ3v) is 4.17. The number of halogens is 1. The van der Waals surface area contributed by atoms with Crippen molar-refractivity contribution in [1.82, 2.24) is 5.32 Å². The van der Waals surface area contributed by atoms with Gasteiger partial charge in [-0.05, 0) is 48.8 Å². The summed E-state index contributed by atoms with van der Waals surface area (Å²) in [6.45, 7) is 3.29. The van der Waals surface area contributed by atoms with Crippen LogP contribution in [0.2, 0.25) is 0 Å². The molecule has 0 saturated carbocycles. The molecule has 0 radical (unpaired) electrons. The Morgan fingerprint density at radius 1 is 1.40 bits per heavy atom. The molecule has 0 fully saturated rings. The van der Waals surface area contributed by atoms with E-state index in [9.17, 15) is 0 Å². The minimum absolute atomic E-state index is 0.632. The second-order valence-corrected chi connectivity index (χ2v) is 5.30. The van der Waals surface area contributed by atoms with Crippen molar-refractivity contribution in [3.8, 4) is 0 Å². The second-order valence-electron chi connectivity index (χ2n) is 4.84. The summed E-state index contributed by atoms with van der Waals surface area (Å²) in [5.74, 6) is 0.734. The Hall–Kier alpha value is -0.530. The molecule has 1 aliphatic heterocycles. The first kappa shape index (κ1) is 9.68. The molecule has 15 heavy (non-hydrogen) atoms. The van der Waals surface area contributed by atoms with Crippen molar-refractivity contribution in [2.75, 3.05) is 6.54 Å². The molecule has 0 saturated heterocycles. The minimum Gasteiger partial charge on any atom is -0.310 e. The van der Waals surface area contributed by atoms with Gasteiger partial charge in [0.15, 0.2) is 0 Å². The highest BCUT2D eigenvalue weighted by Crippen LogP contribution is 2.44. The summed E-state index contributed by atoms with van der Waals surface area (Å²) in [6, 6.07) is 0.632. The van der Waals surface area contributed by atoms with Crippen LogP contribution in [0.15, 0.2) is 33.9 Å². The van der Waals surface area contributed by atoms with Gasteiger partial charge >= 0.3 is 0 Å². The van der Waals surface area contributed by atoms with Crippen molar-refractivity contribution >= 4 is 11.6 Å². The predicted octanol–water partition coefficient (Wildman–Crippen LogP) is 3.14. The summed E-state index contributed by atoms with van der Waals surface area (Å²) in [5.41, 5.74) is 4.35. The first-order valence-corrected chi connectivity index (χ1v) is 6.17. The van der Waals surface area contributed by atoms with Crippen LogP contribution < -0.4 is 5.32 Å². The molecule has 0 spiro atoms. The Kier molecular flexibility index (Phi) is 2.26. The Bertz CT molecular complexity index is 389. The van der Waals surface area contributed by atoms with Gasteiger partial charge in [-0.15, -0.1) is 0 Å². The number of allylic oxidation sites excluding steroid dienone is 4. The summed E-state index contributed by atoms with van der Waals surface area (Å²) < 4.78 is 0. The summed E-state index contributed by atoms with van der Waals surface area (Å²) in [5, 5.41) is 4.64. The van der Waals surface area contributed by atoms with E-state index in [1.807, 2.05) is 0 Å². The van der Waals surface area contributed by atoms with Gasteiger partial charge in [0.2, 0.25) is 0 Å². The lowest BCUT2D eigenvalue weighted by molar-refractivity contribution is 0.441. The van der Waals surface area contributed by atoms with Crippen LogP contribution in [0, 0.1) is 5.92 Å². The minimum atomic E-state index is 0.632. The molecule has 1 N–H and O–H groups in total. The number of nitrogens with one attached hydrogen (secondary N) is 1. The lowest BCUT2D eigenvalue weighted by atomic mass is 9.81. The Balaban J connectivity index is 2.06. The molecule has 1 nitrogen and oxygen atoms in total. The van der Waals surface area contributed by atoms with Crippen LogP contribution >= 0.6 is 11.6 Å². The summed E-state index contributed by atoms with van der Waals surface area (Å²) in [7, 11) is 0. The highest BCUT2D eigenvalue weighted by atomic mass is 35.5. The fourth-order valence-electron chi connectivity index (χ4n) is 3.02. The fraction of sp³-hybridized carbons (Fsp3) is 0.538. The van der Waals surface area contributed by atoms with E-state index in [1.165, 1.54) is 24.0 Å². The smallest absolute Gasteiger partial charge is 0.0256 e. The molecule has 0 amide bonds. The zero-order chi connectivity index (χ0) is 10.4. The summed E-state index contributed by atoms with van der Waals surface area (Å²) in [6.07, 6.45) is 8.01. The number of hydrogen-bond acceptors (Lipinski definition) is 1. The van der Waals surface area contributed by atoms with Gasteiger partial charge < -0.3 is 5.32 Å². The summed E-state index contributed by atoms with van der Waals surface area (Å²) in [4.78, 5) is 0. The number of rotatable bonds is 0. The normalized spacial score (nSPS) is 34.5. The SMILES string of the molecule is C[C@@H]1C[C@@H]2CCC(Cl)=C3C=CC(=C32)CN1. The van der Waals surface area contributed by atoms with Gasteiger partial charge in [0.1, 0.15) is 0 Å². The van der Waals surface area contributed by atoms with E-state index < -0.39 is 0 Å². The zero-order valence-corrected chi connectivity index (χ0v) is 9.77. The molecule has 80 valence electrons. The van der Waals surface area contributed by atoms with Gasteiger partial charge in [0.25, 0.3) is 0 Å². The van der Waals surface area contributed by atoms with Crippen molar-refractivity contribution in [2.24, 2.45) is 5.92 Å². The standard InChI is InChI=1S/C13H16ClN/c1-8-6-9-3-5-12(14)11-4-2-10(7-15-8)13(9)11/h2,4,8-9,15H,3,5-7H2,1H3/t8-,9+/m1/s1. The van der Waals surface area contributed by atoms with Crippen LogP contribution in [0.25, 0.3) is 0 Å². The molecular weight excluding hydrogens is 206 g/mol. The van der Waals surface area contributed by atoms with Gasteiger partial charge in [0.05, 0.1) is 0 Å². The van der Waals surface area contributed by atoms with Gasteiger partial charge in [0, 0.05) is 17.6 Å². The first-order valence-electron chi connectivity index (χ1n) is 5.79. The van der Waals surface area contributed by atoms with E-state index in [1.54, 1.807) is 5.57 Å². The third kappa shape index (κ3) is 1.49. The van der Waals surface area contributed by atoms with Crippen molar-refractivity contribution in [1.29, 1.82) is 0 Å². The molecule has 2 atom stereocenters. The predicted molar refractivity (Wildman–Crippen MR) is 63.9 cm³/mol. The molecule has 2 heteroatoms. The Labute approximate surface area is 95.9 Å². The van der Waals surface area contributed by atoms with Crippen LogP contribution in [-0.2, 0) is 0 Å². The van der Waals surface area contributed by atoms with E-state index in [0.29, 0.717) is 6.04 Å². The highest BCUT2D eigenvalue weighted by molar-refractivity contribution is 6.30. The maximum atomic E-state index is 6.29. The zero-order valence-electron chi connectivity index (χ0n) is 9.02. The average molecular weight is 222 g/mol. The van der Waals surface area contributed by atoms with Crippen LogP contribution in [0.1, 0.15) is 26.2 Å². The Morgan fingerprint density at radius 3 is 3.13 bits per heavy atom. The van der Waals surface area contributed by atoms with Crippen LogP contribution in [0.5, 0.6) is 0 Å². The second kappa shape index (κ2) is 3.50. The van der Waals surface area contributed by atoms with E-state index in [4.69, 9.17) is 11.6 Å². The number of hydrogen-bond donors (Lipinski definition) is 1.